The normalized spacial score (nSPS) is 17.6. The van der Waals surface area contributed by atoms with Crippen LogP contribution in [0.4, 0.5) is 5.69 Å². The molecule has 1 atom stereocenters. The fraction of sp³-hybridized carbons (Fsp3) is 0.448. The van der Waals surface area contributed by atoms with E-state index in [2.05, 4.69) is 79.2 Å². The van der Waals surface area contributed by atoms with Crippen molar-refractivity contribution < 1.29 is 4.74 Å². The zero-order valence-corrected chi connectivity index (χ0v) is 23.4. The van der Waals surface area contributed by atoms with E-state index in [0.29, 0.717) is 12.0 Å². The molecule has 2 aromatic carbocycles. The average Bonchev–Trinajstić information content (AvgIpc) is 3.17. The molecule has 5 nitrogen and oxygen atoms in total. The first-order chi connectivity index (χ1) is 17.0. The van der Waals surface area contributed by atoms with Gasteiger partial charge in [-0.05, 0) is 55.1 Å². The third-order valence-corrected chi connectivity index (χ3v) is 8.18. The Hall–Kier alpha value is -2.41. The van der Waals surface area contributed by atoms with Gasteiger partial charge in [-0.1, -0.05) is 44.2 Å². The van der Waals surface area contributed by atoms with Crippen molar-refractivity contribution in [3.05, 3.63) is 75.2 Å². The Morgan fingerprint density at radius 2 is 1.86 bits per heavy atom. The highest BCUT2D eigenvalue weighted by Gasteiger charge is 2.31. The number of hydrogen-bond donors (Lipinski definition) is 0. The molecular formula is C29H37ClN4OS. The van der Waals surface area contributed by atoms with Crippen molar-refractivity contribution >= 4 is 35.3 Å². The summed E-state index contributed by atoms with van der Waals surface area (Å²) in [5.74, 6) is 2.58. The van der Waals surface area contributed by atoms with Crippen molar-refractivity contribution in [1.82, 2.24) is 14.8 Å². The summed E-state index contributed by atoms with van der Waals surface area (Å²) < 4.78 is 5.32. The number of fused-ring (bicyclic) bond motifs is 2. The summed E-state index contributed by atoms with van der Waals surface area (Å²) >= 11 is 1.88. The first-order valence-corrected chi connectivity index (χ1v) is 13.6. The number of halogens is 1. The standard InChI is InChI=1S/C29H36N4OS.ClH/c1-20(2)17-27-31-28-26(35-27)18-22-7-5-6-8-25(22)30-29(28)33-16-15-32(3)23(19-33)12-9-21-10-13-24(34-4)14-11-21;/h5-8,10-11,13-14,20,23H,9,12,15-19H2,1-4H3;1H/t23-;/m0./s1. The highest BCUT2D eigenvalue weighted by Crippen LogP contribution is 2.34. The quantitative estimate of drug-likeness (QED) is 0.396. The van der Waals surface area contributed by atoms with Gasteiger partial charge in [-0.15, -0.1) is 23.7 Å². The van der Waals surface area contributed by atoms with Crippen LogP contribution < -0.4 is 4.74 Å². The lowest BCUT2D eigenvalue weighted by molar-refractivity contribution is 0.134. The summed E-state index contributed by atoms with van der Waals surface area (Å²) in [7, 11) is 3.98. The molecule has 192 valence electrons. The number of likely N-dealkylation sites (N-methyl/N-ethyl adjacent to an activating group) is 1. The zero-order valence-electron chi connectivity index (χ0n) is 21.7. The van der Waals surface area contributed by atoms with Crippen molar-refractivity contribution in [2.24, 2.45) is 10.9 Å². The lowest BCUT2D eigenvalue weighted by atomic mass is 10.0. The fourth-order valence-electron chi connectivity index (χ4n) is 5.04. The molecule has 0 spiro atoms. The molecule has 0 amide bonds. The van der Waals surface area contributed by atoms with Gasteiger partial charge in [0.2, 0.25) is 0 Å². The third-order valence-electron chi connectivity index (χ3n) is 7.11. The Kier molecular flexibility index (Phi) is 8.70. The molecule has 0 radical (unpaired) electrons. The van der Waals surface area contributed by atoms with Crippen LogP contribution in [0, 0.1) is 5.92 Å². The summed E-state index contributed by atoms with van der Waals surface area (Å²) in [6.45, 7) is 7.53. The highest BCUT2D eigenvalue weighted by atomic mass is 35.5. The van der Waals surface area contributed by atoms with Gasteiger partial charge in [-0.2, -0.15) is 0 Å². The molecule has 3 heterocycles. The molecule has 0 unspecified atom stereocenters. The third kappa shape index (κ3) is 5.93. The molecule has 0 N–H and O–H groups in total. The van der Waals surface area contributed by atoms with E-state index in [1.165, 1.54) is 21.0 Å². The second-order valence-electron chi connectivity index (χ2n) is 10.2. The summed E-state index contributed by atoms with van der Waals surface area (Å²) in [4.78, 5) is 16.8. The molecular weight excluding hydrogens is 488 g/mol. The number of amidine groups is 1. The van der Waals surface area contributed by atoms with Gasteiger partial charge in [0.05, 0.1) is 17.8 Å². The van der Waals surface area contributed by atoms with Gasteiger partial charge in [0.1, 0.15) is 11.4 Å². The molecule has 2 aliphatic heterocycles. The van der Waals surface area contributed by atoms with Crippen LogP contribution in [0.25, 0.3) is 0 Å². The largest absolute Gasteiger partial charge is 0.497 e. The molecule has 7 heteroatoms. The van der Waals surface area contributed by atoms with Gasteiger partial charge in [0.25, 0.3) is 0 Å². The van der Waals surface area contributed by atoms with Crippen LogP contribution in [-0.2, 0) is 19.3 Å². The zero-order chi connectivity index (χ0) is 24.4. The highest BCUT2D eigenvalue weighted by molar-refractivity contribution is 7.12. The minimum absolute atomic E-state index is 0. The molecule has 0 saturated carbocycles. The number of hydrogen-bond acceptors (Lipinski definition) is 6. The average molecular weight is 525 g/mol. The molecule has 5 rings (SSSR count). The summed E-state index contributed by atoms with van der Waals surface area (Å²) in [6, 6.07) is 17.5. The monoisotopic (exact) mass is 524 g/mol. The number of benzene rings is 2. The van der Waals surface area contributed by atoms with Crippen LogP contribution in [0.5, 0.6) is 5.75 Å². The van der Waals surface area contributed by atoms with Gasteiger partial charge in [-0.25, -0.2) is 9.98 Å². The Bertz CT molecular complexity index is 1190. The number of thiazole rings is 1. The van der Waals surface area contributed by atoms with Crippen LogP contribution in [0.15, 0.2) is 53.5 Å². The maximum atomic E-state index is 5.32. The van der Waals surface area contributed by atoms with E-state index in [9.17, 15) is 0 Å². The van der Waals surface area contributed by atoms with Gasteiger partial charge in [0.15, 0.2) is 5.84 Å². The van der Waals surface area contributed by atoms with Gasteiger partial charge in [0, 0.05) is 43.4 Å². The number of methoxy groups -OCH3 is 1. The Labute approximate surface area is 225 Å². The van der Waals surface area contributed by atoms with Crippen molar-refractivity contribution in [3.63, 3.8) is 0 Å². The maximum absolute atomic E-state index is 5.32. The number of para-hydroxylation sites is 1. The van der Waals surface area contributed by atoms with E-state index in [0.717, 1.165) is 68.3 Å². The van der Waals surface area contributed by atoms with Crippen molar-refractivity contribution in [2.45, 2.75) is 45.6 Å². The molecule has 1 saturated heterocycles. The van der Waals surface area contributed by atoms with Crippen LogP contribution >= 0.6 is 23.7 Å². The number of aryl methyl sites for hydroxylation is 1. The first kappa shape index (κ1) is 26.6. The number of aromatic nitrogens is 1. The maximum Gasteiger partial charge on any atom is 0.156 e. The van der Waals surface area contributed by atoms with Crippen LogP contribution in [0.1, 0.15) is 47.0 Å². The van der Waals surface area contributed by atoms with Crippen molar-refractivity contribution in [2.75, 3.05) is 33.8 Å². The first-order valence-electron chi connectivity index (χ1n) is 12.7. The smallest absolute Gasteiger partial charge is 0.156 e. The van der Waals surface area contributed by atoms with Gasteiger partial charge >= 0.3 is 0 Å². The molecule has 0 bridgehead atoms. The number of aliphatic imine (C=N–C) groups is 1. The molecule has 3 aromatic rings. The lowest BCUT2D eigenvalue weighted by Gasteiger charge is -2.40. The van der Waals surface area contributed by atoms with E-state index in [1.54, 1.807) is 7.11 Å². The molecule has 0 aliphatic carbocycles. The number of piperazine rings is 1. The van der Waals surface area contributed by atoms with E-state index >= 15 is 0 Å². The van der Waals surface area contributed by atoms with Crippen LogP contribution in [0.3, 0.4) is 0 Å². The fourth-order valence-corrected chi connectivity index (χ4v) is 6.34. The number of ether oxygens (including phenoxy) is 1. The minimum atomic E-state index is 0. The summed E-state index contributed by atoms with van der Waals surface area (Å²) in [6.07, 6.45) is 4.12. The van der Waals surface area contributed by atoms with Gasteiger partial charge in [-0.3, -0.25) is 4.90 Å². The minimum Gasteiger partial charge on any atom is -0.497 e. The predicted molar refractivity (Wildman–Crippen MR) is 153 cm³/mol. The second-order valence-corrected chi connectivity index (χ2v) is 11.4. The molecule has 1 aromatic heterocycles. The summed E-state index contributed by atoms with van der Waals surface area (Å²) in [5.41, 5.74) is 4.86. The Morgan fingerprint density at radius 3 is 2.61 bits per heavy atom. The topological polar surface area (TPSA) is 41.0 Å². The predicted octanol–water partition coefficient (Wildman–Crippen LogP) is 6.00. The molecule has 2 aliphatic rings. The summed E-state index contributed by atoms with van der Waals surface area (Å²) in [5, 5.41) is 1.24. The number of rotatable bonds is 6. The molecule has 1 fully saturated rings. The lowest BCUT2D eigenvalue weighted by Crippen LogP contribution is -2.53. The van der Waals surface area contributed by atoms with E-state index in [1.807, 2.05) is 11.3 Å². The molecule has 36 heavy (non-hydrogen) atoms. The van der Waals surface area contributed by atoms with E-state index in [4.69, 9.17) is 14.7 Å². The Morgan fingerprint density at radius 1 is 1.08 bits per heavy atom. The SMILES string of the molecule is COc1ccc(CC[C@H]2CN(C3=Nc4ccccc4Cc4sc(CC(C)C)nc43)CCN2C)cc1.Cl. The van der Waals surface area contributed by atoms with Crippen molar-refractivity contribution in [3.8, 4) is 5.75 Å². The Balaban J connectivity index is 0.00000304. The van der Waals surface area contributed by atoms with Crippen molar-refractivity contribution in [1.29, 1.82) is 0 Å². The number of nitrogens with zero attached hydrogens (tertiary/aromatic N) is 4. The van der Waals surface area contributed by atoms with E-state index < -0.39 is 0 Å². The van der Waals surface area contributed by atoms with E-state index in [-0.39, 0.29) is 12.4 Å². The van der Waals surface area contributed by atoms with Gasteiger partial charge < -0.3 is 9.64 Å². The second kappa shape index (κ2) is 11.8. The van der Waals surface area contributed by atoms with Crippen LogP contribution in [0.2, 0.25) is 0 Å². The van der Waals surface area contributed by atoms with Crippen LogP contribution in [-0.4, -0.2) is 60.5 Å².